The maximum absolute atomic E-state index is 9.03. The van der Waals surface area contributed by atoms with Gasteiger partial charge < -0.3 is 10.4 Å². The number of nitrogens with one attached hydrogen (secondary N) is 1. The number of halogens is 1. The first-order valence-electron chi connectivity index (χ1n) is 6.18. The summed E-state index contributed by atoms with van der Waals surface area (Å²) < 4.78 is 0. The third-order valence-corrected chi connectivity index (χ3v) is 3.75. The van der Waals surface area contributed by atoms with Gasteiger partial charge in [-0.2, -0.15) is 5.26 Å². The number of nitrogens with zero attached hydrogens (tertiary/aromatic N) is 2. The van der Waals surface area contributed by atoms with Crippen molar-refractivity contribution in [2.24, 2.45) is 5.92 Å². The van der Waals surface area contributed by atoms with Gasteiger partial charge in [0.05, 0.1) is 5.02 Å². The van der Waals surface area contributed by atoms with Gasteiger partial charge in [-0.25, -0.2) is 4.98 Å². The zero-order chi connectivity index (χ0) is 13.0. The van der Waals surface area contributed by atoms with Gasteiger partial charge in [-0.05, 0) is 37.3 Å². The summed E-state index contributed by atoms with van der Waals surface area (Å²) in [6, 6.07) is 5.78. The highest BCUT2D eigenvalue weighted by Crippen LogP contribution is 2.30. The van der Waals surface area contributed by atoms with E-state index in [2.05, 4.69) is 10.3 Å². The molecule has 4 nitrogen and oxygen atoms in total. The van der Waals surface area contributed by atoms with Crippen LogP contribution in [0, 0.1) is 17.2 Å². The van der Waals surface area contributed by atoms with Crippen molar-refractivity contribution < 1.29 is 5.11 Å². The summed E-state index contributed by atoms with van der Waals surface area (Å²) >= 11 is 5.85. The van der Waals surface area contributed by atoms with Crippen LogP contribution in [-0.4, -0.2) is 22.7 Å². The third kappa shape index (κ3) is 2.92. The molecule has 5 heteroatoms. The summed E-state index contributed by atoms with van der Waals surface area (Å²) in [6.07, 6.45) is 4.20. The number of aliphatic hydroxyl groups is 1. The molecule has 96 valence electrons. The van der Waals surface area contributed by atoms with Gasteiger partial charge in [-0.3, -0.25) is 0 Å². The lowest BCUT2D eigenvalue weighted by Crippen LogP contribution is -2.25. The third-order valence-electron chi connectivity index (χ3n) is 3.44. The molecule has 1 fully saturated rings. The maximum atomic E-state index is 9.03. The topological polar surface area (TPSA) is 68.9 Å². The Morgan fingerprint density at radius 2 is 2.33 bits per heavy atom. The smallest absolute Gasteiger partial charge is 0.161 e. The van der Waals surface area contributed by atoms with Crippen LogP contribution >= 0.6 is 11.6 Å². The van der Waals surface area contributed by atoms with E-state index < -0.39 is 0 Å². The van der Waals surface area contributed by atoms with Crippen LogP contribution in [0.1, 0.15) is 31.4 Å². The van der Waals surface area contributed by atoms with Crippen LogP contribution in [0.2, 0.25) is 5.02 Å². The molecule has 0 spiro atoms. The normalized spacial score (nSPS) is 22.7. The van der Waals surface area contributed by atoms with E-state index in [0.717, 1.165) is 19.3 Å². The molecule has 2 atom stereocenters. The van der Waals surface area contributed by atoms with Crippen molar-refractivity contribution in [2.45, 2.75) is 31.7 Å². The van der Waals surface area contributed by atoms with Gasteiger partial charge in [0.25, 0.3) is 0 Å². The molecule has 18 heavy (non-hydrogen) atoms. The number of aliphatic hydroxyl groups excluding tert-OH is 1. The first-order valence-corrected chi connectivity index (χ1v) is 6.56. The minimum atomic E-state index is 0.223. The summed E-state index contributed by atoms with van der Waals surface area (Å²) in [5, 5.41) is 21.6. The Kier molecular flexibility index (Phi) is 4.40. The standard InChI is InChI=1S/C13H16ClN3O/c14-10-4-5-13(17-12(10)8-15)16-11-3-1-2-9(11)6-7-18/h4-5,9,11,18H,1-3,6-7H2,(H,16,17). The quantitative estimate of drug-likeness (QED) is 0.878. The fourth-order valence-corrected chi connectivity index (χ4v) is 2.68. The molecule has 2 N–H and O–H groups in total. The monoisotopic (exact) mass is 265 g/mol. The van der Waals surface area contributed by atoms with E-state index in [1.165, 1.54) is 6.42 Å². The average molecular weight is 266 g/mol. The lowest BCUT2D eigenvalue weighted by molar-refractivity contribution is 0.254. The van der Waals surface area contributed by atoms with E-state index in [1.54, 1.807) is 12.1 Å². The van der Waals surface area contributed by atoms with Crippen molar-refractivity contribution in [1.29, 1.82) is 5.26 Å². The molecule has 0 aliphatic heterocycles. The molecule has 0 saturated heterocycles. The fourth-order valence-electron chi connectivity index (χ4n) is 2.53. The minimum Gasteiger partial charge on any atom is -0.396 e. The number of hydrogen-bond donors (Lipinski definition) is 2. The molecular formula is C13H16ClN3O. The Balaban J connectivity index is 2.07. The van der Waals surface area contributed by atoms with Crippen LogP contribution in [-0.2, 0) is 0 Å². The molecule has 2 rings (SSSR count). The number of rotatable bonds is 4. The van der Waals surface area contributed by atoms with E-state index in [4.69, 9.17) is 22.0 Å². The van der Waals surface area contributed by atoms with E-state index in [-0.39, 0.29) is 12.3 Å². The highest BCUT2D eigenvalue weighted by Gasteiger charge is 2.26. The molecule has 0 radical (unpaired) electrons. The highest BCUT2D eigenvalue weighted by atomic mass is 35.5. The summed E-state index contributed by atoms with van der Waals surface area (Å²) in [7, 11) is 0. The molecule has 0 bridgehead atoms. The summed E-state index contributed by atoms with van der Waals surface area (Å²) in [5.41, 5.74) is 0.248. The van der Waals surface area contributed by atoms with Crippen molar-refractivity contribution >= 4 is 17.4 Å². The summed E-state index contributed by atoms with van der Waals surface area (Å²) in [6.45, 7) is 0.223. The first kappa shape index (κ1) is 13.1. The van der Waals surface area contributed by atoms with Crippen molar-refractivity contribution in [3.05, 3.63) is 22.8 Å². The number of pyridine rings is 1. The van der Waals surface area contributed by atoms with Crippen LogP contribution in [0.3, 0.4) is 0 Å². The Bertz CT molecular complexity index is 458. The van der Waals surface area contributed by atoms with Crippen molar-refractivity contribution in [3.63, 3.8) is 0 Å². The fraction of sp³-hybridized carbons (Fsp3) is 0.538. The van der Waals surface area contributed by atoms with Gasteiger partial charge in [0.1, 0.15) is 11.9 Å². The van der Waals surface area contributed by atoms with Gasteiger partial charge in [0.2, 0.25) is 0 Å². The van der Waals surface area contributed by atoms with Gasteiger partial charge in [-0.1, -0.05) is 18.0 Å². The van der Waals surface area contributed by atoms with Crippen molar-refractivity contribution in [1.82, 2.24) is 4.98 Å². The molecule has 1 aliphatic rings. The lowest BCUT2D eigenvalue weighted by atomic mass is 10.00. The van der Waals surface area contributed by atoms with Crippen LogP contribution in [0.4, 0.5) is 5.82 Å². The van der Waals surface area contributed by atoms with Gasteiger partial charge in [0, 0.05) is 12.6 Å². The Morgan fingerprint density at radius 1 is 1.50 bits per heavy atom. The van der Waals surface area contributed by atoms with E-state index in [0.29, 0.717) is 22.8 Å². The number of nitriles is 1. The molecule has 1 heterocycles. The van der Waals surface area contributed by atoms with Crippen LogP contribution < -0.4 is 5.32 Å². The van der Waals surface area contributed by atoms with Gasteiger partial charge >= 0.3 is 0 Å². The van der Waals surface area contributed by atoms with Crippen LogP contribution in [0.25, 0.3) is 0 Å². The molecular weight excluding hydrogens is 250 g/mol. The van der Waals surface area contributed by atoms with E-state index in [9.17, 15) is 0 Å². The maximum Gasteiger partial charge on any atom is 0.161 e. The second-order valence-electron chi connectivity index (χ2n) is 4.59. The Labute approximate surface area is 112 Å². The van der Waals surface area contributed by atoms with Crippen molar-refractivity contribution in [2.75, 3.05) is 11.9 Å². The average Bonchev–Trinajstić information content (AvgIpc) is 2.80. The van der Waals surface area contributed by atoms with E-state index in [1.807, 2.05) is 6.07 Å². The highest BCUT2D eigenvalue weighted by molar-refractivity contribution is 6.31. The molecule has 1 aromatic rings. The molecule has 0 amide bonds. The summed E-state index contributed by atoms with van der Waals surface area (Å²) in [5.74, 6) is 1.17. The Morgan fingerprint density at radius 3 is 3.06 bits per heavy atom. The van der Waals surface area contributed by atoms with Crippen molar-refractivity contribution in [3.8, 4) is 6.07 Å². The molecule has 1 aromatic heterocycles. The number of hydrogen-bond acceptors (Lipinski definition) is 4. The molecule has 1 aliphatic carbocycles. The lowest BCUT2D eigenvalue weighted by Gasteiger charge is -2.20. The predicted molar refractivity (Wildman–Crippen MR) is 70.4 cm³/mol. The van der Waals surface area contributed by atoms with Gasteiger partial charge in [0.15, 0.2) is 5.69 Å². The minimum absolute atomic E-state index is 0.223. The second kappa shape index (κ2) is 6.03. The largest absolute Gasteiger partial charge is 0.396 e. The number of aromatic nitrogens is 1. The molecule has 1 saturated carbocycles. The molecule has 2 unspecified atom stereocenters. The zero-order valence-corrected chi connectivity index (χ0v) is 10.8. The first-order chi connectivity index (χ1) is 8.74. The summed E-state index contributed by atoms with van der Waals surface area (Å²) in [4.78, 5) is 4.18. The van der Waals surface area contributed by atoms with E-state index >= 15 is 0 Å². The van der Waals surface area contributed by atoms with Gasteiger partial charge in [-0.15, -0.1) is 0 Å². The Hall–Kier alpha value is -1.31. The SMILES string of the molecule is N#Cc1nc(NC2CCCC2CCO)ccc1Cl. The molecule has 0 aromatic carbocycles. The predicted octanol–water partition coefficient (Wildman–Crippen LogP) is 2.57. The zero-order valence-electron chi connectivity index (χ0n) is 10.1. The van der Waals surface area contributed by atoms with Crippen LogP contribution in [0.5, 0.6) is 0 Å². The van der Waals surface area contributed by atoms with Crippen LogP contribution in [0.15, 0.2) is 12.1 Å². The number of anilines is 1. The second-order valence-corrected chi connectivity index (χ2v) is 5.00.